The second-order valence-electron chi connectivity index (χ2n) is 10.2. The summed E-state index contributed by atoms with van der Waals surface area (Å²) in [5, 5.41) is 6.28. The number of hydrogen-bond acceptors (Lipinski definition) is 4. The molecule has 4 fully saturated rings. The molecule has 1 amide bonds. The lowest BCUT2D eigenvalue weighted by atomic mass is 9.43. The minimum absolute atomic E-state index is 0.0744. The van der Waals surface area contributed by atoms with E-state index in [9.17, 15) is 4.79 Å². The highest BCUT2D eigenvalue weighted by atomic mass is 16.7. The Morgan fingerprint density at radius 2 is 2.00 bits per heavy atom. The average molecular weight is 422 g/mol. The zero-order chi connectivity index (χ0) is 22.2. The second-order valence-corrected chi connectivity index (χ2v) is 10.2. The van der Waals surface area contributed by atoms with Gasteiger partial charge in [0.05, 0.1) is 24.2 Å². The molecule has 2 N–H and O–H groups in total. The Morgan fingerprint density at radius 3 is 2.68 bits per heavy atom. The van der Waals surface area contributed by atoms with Gasteiger partial charge < -0.3 is 19.9 Å². The van der Waals surface area contributed by atoms with Gasteiger partial charge in [-0.05, 0) is 54.6 Å². The standard InChI is InChI=1S/C25H35BN2O3/c1-6-17(2)15-27-16-23(29)28-22(12-18-10-8-7-9-11-18)26-30-21-14-19-13-20(24(19,3)4)25(21,5)31-26/h6-11,19-22,27H,1-2,12-16H2,3-5H3,(H,28,29)/t19-,20-,21+,22-,25-/m0/s1. The van der Waals surface area contributed by atoms with Gasteiger partial charge in [0.1, 0.15) is 0 Å². The van der Waals surface area contributed by atoms with Crippen LogP contribution < -0.4 is 10.6 Å². The van der Waals surface area contributed by atoms with Crippen LogP contribution in [0, 0.1) is 17.3 Å². The van der Waals surface area contributed by atoms with Crippen LogP contribution in [0.25, 0.3) is 0 Å². The lowest BCUT2D eigenvalue weighted by Crippen LogP contribution is -2.65. The molecule has 6 heteroatoms. The molecular formula is C25H35BN2O3. The van der Waals surface area contributed by atoms with Gasteiger partial charge in [0, 0.05) is 6.54 Å². The van der Waals surface area contributed by atoms with Crippen molar-refractivity contribution in [1.82, 2.24) is 10.6 Å². The molecular weight excluding hydrogens is 387 g/mol. The minimum Gasteiger partial charge on any atom is -0.404 e. The van der Waals surface area contributed by atoms with E-state index in [4.69, 9.17) is 9.31 Å². The third-order valence-corrected chi connectivity index (χ3v) is 7.87. The van der Waals surface area contributed by atoms with Crippen LogP contribution in [0.15, 0.2) is 55.1 Å². The maximum absolute atomic E-state index is 12.7. The van der Waals surface area contributed by atoms with Gasteiger partial charge in [0.2, 0.25) is 5.91 Å². The van der Waals surface area contributed by atoms with Crippen LogP contribution in [-0.2, 0) is 20.5 Å². The van der Waals surface area contributed by atoms with E-state index in [-0.39, 0.29) is 30.1 Å². The summed E-state index contributed by atoms with van der Waals surface area (Å²) in [5.74, 6) is 0.868. The van der Waals surface area contributed by atoms with Crippen LogP contribution in [-0.4, -0.2) is 43.8 Å². The van der Waals surface area contributed by atoms with Crippen molar-refractivity contribution >= 4 is 13.0 Å². The number of carbonyl (C=O) groups excluding carboxylic acids is 1. The maximum atomic E-state index is 12.7. The highest BCUT2D eigenvalue weighted by Gasteiger charge is 2.68. The van der Waals surface area contributed by atoms with Crippen LogP contribution in [0.1, 0.15) is 39.2 Å². The summed E-state index contributed by atoms with van der Waals surface area (Å²) in [7, 11) is -0.447. The van der Waals surface area contributed by atoms with Crippen LogP contribution >= 0.6 is 0 Å². The van der Waals surface area contributed by atoms with Crippen molar-refractivity contribution in [3.8, 4) is 0 Å². The normalized spacial score (nSPS) is 31.3. The lowest BCUT2D eigenvalue weighted by Gasteiger charge is -2.64. The fourth-order valence-electron chi connectivity index (χ4n) is 5.82. The Morgan fingerprint density at radius 1 is 1.26 bits per heavy atom. The first kappa shape index (κ1) is 22.3. The van der Waals surface area contributed by atoms with Crippen molar-refractivity contribution in [2.45, 2.75) is 57.7 Å². The summed E-state index contributed by atoms with van der Waals surface area (Å²) in [4.78, 5) is 12.7. The molecule has 2 bridgehead atoms. The van der Waals surface area contributed by atoms with Gasteiger partial charge in [-0.3, -0.25) is 4.79 Å². The molecule has 3 aliphatic carbocycles. The summed E-state index contributed by atoms with van der Waals surface area (Å²) in [6, 6.07) is 10.2. The van der Waals surface area contributed by atoms with Crippen molar-refractivity contribution in [2.24, 2.45) is 17.3 Å². The second kappa shape index (κ2) is 8.57. The van der Waals surface area contributed by atoms with Crippen LogP contribution in [0.5, 0.6) is 0 Å². The first-order valence-electron chi connectivity index (χ1n) is 11.4. The molecule has 0 spiro atoms. The molecule has 0 radical (unpaired) electrons. The monoisotopic (exact) mass is 422 g/mol. The van der Waals surface area contributed by atoms with Gasteiger partial charge in [-0.15, -0.1) is 0 Å². The molecule has 4 aliphatic rings. The van der Waals surface area contributed by atoms with Gasteiger partial charge in [-0.1, -0.05) is 63.4 Å². The predicted octanol–water partition coefficient (Wildman–Crippen LogP) is 3.31. The van der Waals surface area contributed by atoms with E-state index >= 15 is 0 Å². The molecule has 5 atom stereocenters. The molecule has 1 saturated heterocycles. The molecule has 3 saturated carbocycles. The molecule has 1 aliphatic heterocycles. The number of carbonyl (C=O) groups is 1. The summed E-state index contributed by atoms with van der Waals surface area (Å²) < 4.78 is 13.1. The van der Waals surface area contributed by atoms with Gasteiger partial charge in [-0.2, -0.15) is 0 Å². The first-order chi connectivity index (χ1) is 14.7. The molecule has 31 heavy (non-hydrogen) atoms. The molecule has 0 unspecified atom stereocenters. The molecule has 0 aromatic heterocycles. The zero-order valence-corrected chi connectivity index (χ0v) is 19.0. The van der Waals surface area contributed by atoms with Crippen molar-refractivity contribution in [3.63, 3.8) is 0 Å². The molecule has 1 aromatic rings. The topological polar surface area (TPSA) is 59.6 Å². The molecule has 1 heterocycles. The van der Waals surface area contributed by atoms with Gasteiger partial charge in [0.25, 0.3) is 0 Å². The van der Waals surface area contributed by atoms with Gasteiger partial charge >= 0.3 is 7.12 Å². The maximum Gasteiger partial charge on any atom is 0.482 e. The number of rotatable bonds is 9. The summed E-state index contributed by atoms with van der Waals surface area (Å²) in [6.45, 7) is 15.2. The predicted molar refractivity (Wildman–Crippen MR) is 124 cm³/mol. The number of nitrogens with one attached hydrogen (secondary N) is 2. The highest BCUT2D eigenvalue weighted by Crippen LogP contribution is 2.65. The van der Waals surface area contributed by atoms with E-state index in [1.54, 1.807) is 6.08 Å². The quantitative estimate of drug-likeness (QED) is 0.474. The molecule has 166 valence electrons. The van der Waals surface area contributed by atoms with Crippen LogP contribution in [0.3, 0.4) is 0 Å². The Bertz CT molecular complexity index is 842. The van der Waals surface area contributed by atoms with Crippen molar-refractivity contribution in [2.75, 3.05) is 13.1 Å². The Hall–Kier alpha value is -1.89. The SMILES string of the molecule is C=CC(=C)CNCC(=O)N[C@@H](Cc1ccccc1)B1O[C@@H]2C[C@@H]3C[C@@H](C3(C)C)[C@]2(C)O1. The van der Waals surface area contributed by atoms with E-state index in [1.165, 1.54) is 6.42 Å². The smallest absolute Gasteiger partial charge is 0.404 e. The van der Waals surface area contributed by atoms with E-state index in [2.05, 4.69) is 56.7 Å². The third-order valence-electron chi connectivity index (χ3n) is 7.87. The Labute approximate surface area is 186 Å². The van der Waals surface area contributed by atoms with Gasteiger partial charge in [0.15, 0.2) is 0 Å². The van der Waals surface area contributed by atoms with E-state index < -0.39 is 7.12 Å². The number of hydrogen-bond donors (Lipinski definition) is 2. The Balaban J connectivity index is 1.45. The fraction of sp³-hybridized carbons (Fsp3) is 0.560. The van der Waals surface area contributed by atoms with E-state index in [0.717, 1.165) is 17.6 Å². The average Bonchev–Trinajstić information content (AvgIpc) is 3.10. The summed E-state index contributed by atoms with van der Waals surface area (Å²) >= 11 is 0. The Kier molecular flexibility index (Phi) is 6.17. The van der Waals surface area contributed by atoms with Crippen molar-refractivity contribution in [3.05, 3.63) is 60.7 Å². The van der Waals surface area contributed by atoms with Crippen LogP contribution in [0.4, 0.5) is 0 Å². The first-order valence-corrected chi connectivity index (χ1v) is 11.4. The number of benzene rings is 1. The largest absolute Gasteiger partial charge is 0.482 e. The molecule has 5 nitrogen and oxygen atoms in total. The van der Waals surface area contributed by atoms with Crippen LogP contribution in [0.2, 0.25) is 0 Å². The van der Waals surface area contributed by atoms with E-state index in [0.29, 0.717) is 30.2 Å². The summed E-state index contributed by atoms with van der Waals surface area (Å²) in [6.07, 6.45) is 4.70. The van der Waals surface area contributed by atoms with Crippen molar-refractivity contribution in [1.29, 1.82) is 0 Å². The third kappa shape index (κ3) is 4.26. The zero-order valence-electron chi connectivity index (χ0n) is 19.0. The lowest BCUT2D eigenvalue weighted by molar-refractivity contribution is -0.199. The molecule has 1 aromatic carbocycles. The van der Waals surface area contributed by atoms with Gasteiger partial charge in [-0.25, -0.2) is 0 Å². The summed E-state index contributed by atoms with van der Waals surface area (Å²) in [5.41, 5.74) is 2.01. The highest BCUT2D eigenvalue weighted by molar-refractivity contribution is 6.48. The number of amides is 1. The fourth-order valence-corrected chi connectivity index (χ4v) is 5.82. The molecule has 5 rings (SSSR count). The van der Waals surface area contributed by atoms with E-state index in [1.807, 2.05) is 18.2 Å². The van der Waals surface area contributed by atoms with Crippen molar-refractivity contribution < 1.29 is 14.1 Å². The minimum atomic E-state index is -0.447.